The first-order valence-electron chi connectivity index (χ1n) is 6.76. The Bertz CT molecular complexity index is 518. The Balaban J connectivity index is 2.11. The fourth-order valence-corrected chi connectivity index (χ4v) is 2.71. The number of benzene rings is 1. The highest BCUT2D eigenvalue weighted by Gasteiger charge is 2.33. The molecule has 0 saturated carbocycles. The second-order valence-electron chi connectivity index (χ2n) is 5.20. The molecule has 108 valence electrons. The van der Waals surface area contributed by atoms with Gasteiger partial charge in [0, 0.05) is 12.6 Å². The van der Waals surface area contributed by atoms with Crippen LogP contribution in [0.5, 0.6) is 0 Å². The quantitative estimate of drug-likeness (QED) is 0.920. The van der Waals surface area contributed by atoms with Crippen molar-refractivity contribution >= 4 is 11.9 Å². The van der Waals surface area contributed by atoms with Crippen LogP contribution < -0.4 is 0 Å². The molecule has 2 rings (SSSR count). The molecule has 1 aromatic rings. The number of hydrogen-bond donors (Lipinski definition) is 1. The minimum atomic E-state index is -0.895. The van der Waals surface area contributed by atoms with Gasteiger partial charge < -0.3 is 10.0 Å². The van der Waals surface area contributed by atoms with Gasteiger partial charge in [0.2, 0.25) is 5.91 Å². The molecule has 0 aliphatic carbocycles. The van der Waals surface area contributed by atoms with E-state index >= 15 is 0 Å². The van der Waals surface area contributed by atoms with Crippen molar-refractivity contribution in [3.05, 3.63) is 35.6 Å². The lowest BCUT2D eigenvalue weighted by Crippen LogP contribution is -2.39. The molecular weight excluding hydrogens is 261 g/mol. The van der Waals surface area contributed by atoms with E-state index in [-0.39, 0.29) is 24.2 Å². The molecule has 20 heavy (non-hydrogen) atoms. The zero-order chi connectivity index (χ0) is 14.7. The van der Waals surface area contributed by atoms with Gasteiger partial charge in [0.15, 0.2) is 0 Å². The summed E-state index contributed by atoms with van der Waals surface area (Å²) < 4.78 is 13.2. The Morgan fingerprint density at radius 3 is 2.90 bits per heavy atom. The molecule has 1 aromatic carbocycles. The number of rotatable bonds is 4. The summed E-state index contributed by atoms with van der Waals surface area (Å²) in [7, 11) is 0. The molecule has 1 N–H and O–H groups in total. The average molecular weight is 279 g/mol. The summed E-state index contributed by atoms with van der Waals surface area (Å²) in [5, 5.41) is 8.88. The Labute approximate surface area is 117 Å². The maximum absolute atomic E-state index is 13.2. The van der Waals surface area contributed by atoms with Crippen LogP contribution in [0.4, 0.5) is 4.39 Å². The summed E-state index contributed by atoms with van der Waals surface area (Å²) in [6, 6.07) is 5.74. The van der Waals surface area contributed by atoms with Crippen molar-refractivity contribution < 1.29 is 19.1 Å². The number of hydrogen-bond acceptors (Lipinski definition) is 2. The Kier molecular flexibility index (Phi) is 4.37. The predicted molar refractivity (Wildman–Crippen MR) is 71.8 cm³/mol. The van der Waals surface area contributed by atoms with Gasteiger partial charge >= 0.3 is 5.97 Å². The maximum atomic E-state index is 13.2. The van der Waals surface area contributed by atoms with Crippen molar-refractivity contribution in [3.63, 3.8) is 0 Å². The van der Waals surface area contributed by atoms with Crippen molar-refractivity contribution in [2.45, 2.75) is 38.1 Å². The first kappa shape index (κ1) is 14.5. The fourth-order valence-electron chi connectivity index (χ4n) is 2.71. The smallest absolute Gasteiger partial charge is 0.305 e. The van der Waals surface area contributed by atoms with Crippen LogP contribution in [-0.2, 0) is 9.59 Å². The lowest BCUT2D eigenvalue weighted by atomic mass is 9.99. The standard InChI is InChI=1S/C15H18FNO3/c1-10(11-4-2-5-12(16)8-11)15(20)17-7-3-6-13(17)9-14(18)19/h2,4-5,8,10,13H,3,6-7,9H2,1H3,(H,18,19). The number of carboxylic acids is 1. The van der Waals surface area contributed by atoms with Gasteiger partial charge in [0.25, 0.3) is 0 Å². The number of nitrogens with zero attached hydrogens (tertiary/aromatic N) is 1. The normalized spacial score (nSPS) is 19.9. The summed E-state index contributed by atoms with van der Waals surface area (Å²) in [5.41, 5.74) is 0.621. The molecule has 1 fully saturated rings. The van der Waals surface area contributed by atoms with E-state index in [2.05, 4.69) is 0 Å². The molecule has 0 aromatic heterocycles. The molecule has 0 bridgehead atoms. The summed E-state index contributed by atoms with van der Waals surface area (Å²) in [5.74, 6) is -1.85. The van der Waals surface area contributed by atoms with Crippen LogP contribution in [0.2, 0.25) is 0 Å². The predicted octanol–water partition coefficient (Wildman–Crippen LogP) is 2.39. The SMILES string of the molecule is CC(C(=O)N1CCCC1CC(=O)O)c1cccc(F)c1. The number of halogens is 1. The monoisotopic (exact) mass is 279 g/mol. The highest BCUT2D eigenvalue weighted by Crippen LogP contribution is 2.26. The molecule has 5 heteroatoms. The third kappa shape index (κ3) is 3.15. The summed E-state index contributed by atoms with van der Waals surface area (Å²) in [6.45, 7) is 2.31. The van der Waals surface area contributed by atoms with Gasteiger partial charge in [-0.2, -0.15) is 0 Å². The highest BCUT2D eigenvalue weighted by molar-refractivity contribution is 5.84. The summed E-state index contributed by atoms with van der Waals surface area (Å²) in [4.78, 5) is 24.9. The van der Waals surface area contributed by atoms with Gasteiger partial charge in [-0.1, -0.05) is 12.1 Å². The van der Waals surface area contributed by atoms with Crippen LogP contribution in [0.25, 0.3) is 0 Å². The van der Waals surface area contributed by atoms with Gasteiger partial charge in [-0.3, -0.25) is 9.59 Å². The van der Waals surface area contributed by atoms with Crippen LogP contribution >= 0.6 is 0 Å². The van der Waals surface area contributed by atoms with Crippen LogP contribution in [0.1, 0.15) is 37.7 Å². The number of aliphatic carboxylic acids is 1. The van der Waals surface area contributed by atoms with Crippen LogP contribution in [-0.4, -0.2) is 34.5 Å². The molecule has 0 radical (unpaired) electrons. The van der Waals surface area contributed by atoms with Crippen molar-refractivity contribution in [3.8, 4) is 0 Å². The fraction of sp³-hybridized carbons (Fsp3) is 0.467. The van der Waals surface area contributed by atoms with E-state index in [9.17, 15) is 14.0 Å². The molecule has 0 spiro atoms. The van der Waals surface area contributed by atoms with Gasteiger partial charge in [0.1, 0.15) is 5.82 Å². The van der Waals surface area contributed by atoms with Gasteiger partial charge in [-0.05, 0) is 37.5 Å². The molecule has 1 saturated heterocycles. The third-order valence-electron chi connectivity index (χ3n) is 3.79. The number of amides is 1. The summed E-state index contributed by atoms with van der Waals surface area (Å²) >= 11 is 0. The van der Waals surface area contributed by atoms with E-state index in [1.165, 1.54) is 12.1 Å². The first-order chi connectivity index (χ1) is 9.49. The minimum Gasteiger partial charge on any atom is -0.481 e. The topological polar surface area (TPSA) is 57.6 Å². The first-order valence-corrected chi connectivity index (χ1v) is 6.76. The zero-order valence-corrected chi connectivity index (χ0v) is 11.4. The second kappa shape index (κ2) is 6.03. The number of carboxylic acid groups (broad SMARTS) is 1. The van der Waals surface area contributed by atoms with E-state index in [4.69, 9.17) is 5.11 Å². The second-order valence-corrected chi connectivity index (χ2v) is 5.20. The molecule has 2 unspecified atom stereocenters. The van der Waals surface area contributed by atoms with Gasteiger partial charge in [0.05, 0.1) is 12.3 Å². The van der Waals surface area contributed by atoms with Crippen LogP contribution in [0.15, 0.2) is 24.3 Å². The van der Waals surface area contributed by atoms with Crippen LogP contribution in [0.3, 0.4) is 0 Å². The molecule has 1 heterocycles. The van der Waals surface area contributed by atoms with Crippen molar-refractivity contribution in [1.82, 2.24) is 4.90 Å². The minimum absolute atomic E-state index is 0.0262. The molecule has 2 atom stereocenters. The van der Waals surface area contributed by atoms with E-state index in [1.807, 2.05) is 0 Å². The third-order valence-corrected chi connectivity index (χ3v) is 3.79. The van der Waals surface area contributed by atoms with E-state index < -0.39 is 11.9 Å². The molecule has 1 amide bonds. The van der Waals surface area contributed by atoms with E-state index in [0.717, 1.165) is 6.42 Å². The number of carbonyl (C=O) groups excluding carboxylic acids is 1. The lowest BCUT2D eigenvalue weighted by molar-refractivity contribution is -0.140. The van der Waals surface area contributed by atoms with Crippen molar-refractivity contribution in [2.24, 2.45) is 0 Å². The lowest BCUT2D eigenvalue weighted by Gasteiger charge is -2.26. The molecule has 1 aliphatic rings. The number of likely N-dealkylation sites (tertiary alicyclic amines) is 1. The van der Waals surface area contributed by atoms with E-state index in [1.54, 1.807) is 24.0 Å². The van der Waals surface area contributed by atoms with Crippen molar-refractivity contribution in [2.75, 3.05) is 6.54 Å². The molecule has 4 nitrogen and oxygen atoms in total. The Hall–Kier alpha value is -1.91. The average Bonchev–Trinajstić information content (AvgIpc) is 2.84. The van der Waals surface area contributed by atoms with Crippen LogP contribution in [0, 0.1) is 5.82 Å². The van der Waals surface area contributed by atoms with Crippen molar-refractivity contribution in [1.29, 1.82) is 0 Å². The Morgan fingerprint density at radius 2 is 2.25 bits per heavy atom. The molecule has 1 aliphatic heterocycles. The largest absolute Gasteiger partial charge is 0.481 e. The maximum Gasteiger partial charge on any atom is 0.305 e. The zero-order valence-electron chi connectivity index (χ0n) is 11.4. The van der Waals surface area contributed by atoms with E-state index in [0.29, 0.717) is 18.5 Å². The number of carbonyl (C=O) groups is 2. The molecular formula is C15H18FNO3. The summed E-state index contributed by atoms with van der Waals surface area (Å²) in [6.07, 6.45) is 1.51. The van der Waals surface area contributed by atoms with Gasteiger partial charge in [-0.25, -0.2) is 4.39 Å². The Morgan fingerprint density at radius 1 is 1.50 bits per heavy atom. The highest BCUT2D eigenvalue weighted by atomic mass is 19.1. The van der Waals surface area contributed by atoms with Gasteiger partial charge in [-0.15, -0.1) is 0 Å².